The Hall–Kier alpha value is -7.76. The Morgan fingerprint density at radius 3 is 0.694 bits per heavy atom. The molecule has 0 amide bonds. The van der Waals surface area contributed by atoms with Crippen molar-refractivity contribution in [2.75, 3.05) is 0 Å². The number of carboxylic acids is 2. The van der Waals surface area contributed by atoms with Gasteiger partial charge < -0.3 is 20.4 Å². The van der Waals surface area contributed by atoms with Gasteiger partial charge in [-0.1, -0.05) is 109 Å². The SMILES string of the molecule is O=C(O)c1cc([N+](=O)[O-])cc([N+](=O)[O-])c1O.O=C(O)c1cc([N+](=O)[O-])cc([N+](=O)[O-])c1O.[Ag].[Ag].c1ccc([PH+](c2ccccc2)c2ccccc2)cc1.c1ccc([PH+](c2ccccc2)c2ccccc2)cc1. The van der Waals surface area contributed by atoms with Gasteiger partial charge in [0.1, 0.15) is 43.0 Å². The number of aromatic hydroxyl groups is 2. The van der Waals surface area contributed by atoms with E-state index in [9.17, 15) is 60.3 Å². The quantitative estimate of drug-likeness (QED) is 0.0389. The molecule has 0 bridgehead atoms. The van der Waals surface area contributed by atoms with Crippen LogP contribution in [0, 0.1) is 40.5 Å². The Bertz CT molecular complexity index is 2630. The molecule has 18 nitrogen and oxygen atoms in total. The second-order valence-corrected chi connectivity index (χ2v) is 19.3. The number of carboxylic acid groups (broad SMARTS) is 2. The zero-order valence-corrected chi connectivity index (χ0v) is 41.9. The van der Waals surface area contributed by atoms with E-state index in [1.54, 1.807) is 0 Å². The molecule has 8 aromatic carbocycles. The first kappa shape index (κ1) is 58.6. The van der Waals surface area contributed by atoms with Crippen LogP contribution in [0.5, 0.6) is 11.5 Å². The molecule has 2 radical (unpaired) electrons. The van der Waals surface area contributed by atoms with Crippen LogP contribution in [0.3, 0.4) is 0 Å². The Labute approximate surface area is 443 Å². The van der Waals surface area contributed by atoms with Crippen LogP contribution in [0.15, 0.2) is 206 Å². The van der Waals surface area contributed by atoms with Gasteiger partial charge >= 0.3 is 23.3 Å². The number of nitrogens with zero attached hydrogens (tertiary/aromatic N) is 4. The van der Waals surface area contributed by atoms with Gasteiger partial charge in [-0.05, 0) is 72.8 Å². The first-order valence-electron chi connectivity index (χ1n) is 20.4. The Balaban J connectivity index is 0.000000252. The molecule has 0 fully saturated rings. The van der Waals surface area contributed by atoms with Gasteiger partial charge in [0, 0.05) is 56.9 Å². The van der Waals surface area contributed by atoms with E-state index in [2.05, 4.69) is 182 Å². The standard InChI is InChI=1S/2C18H15P.2C7H4N2O7.2Ag/c2*1-4-10-16(11-5-1)19(17-12-6-2-7-13-17)18-14-8-3-9-15-18;2*10-6-4(7(11)12)1-3(8(13)14)2-5(6)9(15)16;;/h2*1-15H;2*1-2,10H,(H,11,12);;/p+2. The van der Waals surface area contributed by atoms with E-state index in [0.717, 1.165) is 0 Å². The van der Waals surface area contributed by atoms with Gasteiger partial charge in [0.15, 0.2) is 0 Å². The van der Waals surface area contributed by atoms with E-state index in [4.69, 9.17) is 10.2 Å². The van der Waals surface area contributed by atoms with E-state index < -0.39 is 92.9 Å². The number of rotatable bonds is 12. The van der Waals surface area contributed by atoms with Crippen LogP contribution in [-0.2, 0) is 44.8 Å². The number of nitro groups is 4. The summed E-state index contributed by atoms with van der Waals surface area (Å²) in [5.41, 5.74) is -5.37. The molecule has 374 valence electrons. The minimum absolute atomic E-state index is 0. The summed E-state index contributed by atoms with van der Waals surface area (Å²) in [6.45, 7) is 0. The number of benzene rings is 8. The van der Waals surface area contributed by atoms with Crippen LogP contribution < -0.4 is 31.8 Å². The molecule has 8 aromatic rings. The minimum atomic E-state index is -1.69. The number of nitro benzene ring substituents is 4. The van der Waals surface area contributed by atoms with Crippen molar-refractivity contribution in [1.82, 2.24) is 0 Å². The molecule has 0 aliphatic heterocycles. The van der Waals surface area contributed by atoms with Crippen LogP contribution >= 0.6 is 15.8 Å². The molecule has 0 aliphatic rings. The topological polar surface area (TPSA) is 288 Å². The second kappa shape index (κ2) is 28.8. The summed E-state index contributed by atoms with van der Waals surface area (Å²) in [5, 5.41) is 85.7. The number of aromatic carboxylic acids is 2. The molecule has 0 aliphatic carbocycles. The van der Waals surface area contributed by atoms with Gasteiger partial charge in [-0.3, -0.25) is 40.5 Å². The molecule has 72 heavy (non-hydrogen) atoms. The third-order valence-electron chi connectivity index (χ3n) is 9.80. The largest absolute Gasteiger partial charge is 0.501 e. The predicted octanol–water partition coefficient (Wildman–Crippen LogP) is 8.16. The van der Waals surface area contributed by atoms with Gasteiger partial charge in [0.05, 0.1) is 47.7 Å². The van der Waals surface area contributed by atoms with Crippen LogP contribution in [0.1, 0.15) is 20.7 Å². The molecular formula is C50H40Ag2N4O14P2+2. The molecule has 0 saturated carbocycles. The molecular weight excluding hydrogens is 1160 g/mol. The zero-order valence-electron chi connectivity index (χ0n) is 36.9. The fourth-order valence-electron chi connectivity index (χ4n) is 6.65. The minimum Gasteiger partial charge on any atom is -0.501 e. The summed E-state index contributed by atoms with van der Waals surface area (Å²) in [5.74, 6) is -5.60. The second-order valence-electron chi connectivity index (χ2n) is 14.3. The first-order valence-corrected chi connectivity index (χ1v) is 23.4. The molecule has 8 rings (SSSR count). The van der Waals surface area contributed by atoms with E-state index in [1.165, 1.54) is 31.8 Å². The summed E-state index contributed by atoms with van der Waals surface area (Å²) >= 11 is 0. The summed E-state index contributed by atoms with van der Waals surface area (Å²) < 4.78 is 0. The predicted molar refractivity (Wildman–Crippen MR) is 270 cm³/mol. The van der Waals surface area contributed by atoms with Gasteiger partial charge in [0.25, 0.3) is 11.4 Å². The molecule has 22 heteroatoms. The Kier molecular flexibility index (Phi) is 23.4. The van der Waals surface area contributed by atoms with Crippen molar-refractivity contribution >= 4 is 82.4 Å². The summed E-state index contributed by atoms with van der Waals surface area (Å²) in [7, 11) is -1.75. The monoisotopic (exact) mass is 1200 g/mol. The molecule has 0 heterocycles. The van der Waals surface area contributed by atoms with Crippen molar-refractivity contribution in [2.45, 2.75) is 0 Å². The molecule has 4 N–H and O–H groups in total. The van der Waals surface area contributed by atoms with Gasteiger partial charge in [0.2, 0.25) is 11.5 Å². The summed E-state index contributed by atoms with van der Waals surface area (Å²) in [4.78, 5) is 58.5. The normalized spacial score (nSPS) is 9.92. The molecule has 0 unspecified atom stereocenters. The van der Waals surface area contributed by atoms with Crippen LogP contribution in [0.4, 0.5) is 22.7 Å². The van der Waals surface area contributed by atoms with Gasteiger partial charge in [-0.15, -0.1) is 0 Å². The number of hydrogen-bond acceptors (Lipinski definition) is 12. The van der Waals surface area contributed by atoms with Crippen molar-refractivity contribution in [3.63, 3.8) is 0 Å². The number of carbonyl (C=O) groups is 2. The molecule has 0 atom stereocenters. The van der Waals surface area contributed by atoms with Gasteiger partial charge in [-0.2, -0.15) is 0 Å². The third-order valence-corrected chi connectivity index (χ3v) is 15.3. The Morgan fingerprint density at radius 2 is 0.542 bits per heavy atom. The third kappa shape index (κ3) is 16.1. The zero-order chi connectivity index (χ0) is 50.7. The number of phenols is 2. The van der Waals surface area contributed by atoms with Crippen LogP contribution in [0.2, 0.25) is 0 Å². The fraction of sp³-hybridized carbons (Fsp3) is 0. The number of hydrogen-bond donors (Lipinski definition) is 4. The maximum absolute atomic E-state index is 10.6. The molecule has 0 saturated heterocycles. The smallest absolute Gasteiger partial charge is 0.340 e. The van der Waals surface area contributed by atoms with Crippen molar-refractivity contribution in [3.8, 4) is 11.5 Å². The average molecular weight is 1200 g/mol. The molecule has 0 aromatic heterocycles. The summed E-state index contributed by atoms with van der Waals surface area (Å²) in [6, 6.07) is 67.1. The van der Waals surface area contributed by atoms with Crippen molar-refractivity contribution in [1.29, 1.82) is 0 Å². The van der Waals surface area contributed by atoms with Crippen LogP contribution in [0.25, 0.3) is 0 Å². The fourth-order valence-corrected chi connectivity index (χ4v) is 11.8. The summed E-state index contributed by atoms with van der Waals surface area (Å²) in [6.07, 6.45) is 0. The van der Waals surface area contributed by atoms with E-state index >= 15 is 0 Å². The van der Waals surface area contributed by atoms with Crippen molar-refractivity contribution in [3.05, 3.63) is 258 Å². The van der Waals surface area contributed by atoms with E-state index in [0.29, 0.717) is 24.3 Å². The number of non-ortho nitro benzene ring substituents is 2. The maximum atomic E-state index is 10.6. The first-order chi connectivity index (χ1) is 33.6. The van der Waals surface area contributed by atoms with E-state index in [-0.39, 0.29) is 44.8 Å². The maximum Gasteiger partial charge on any atom is 0.340 e. The van der Waals surface area contributed by atoms with Crippen molar-refractivity contribution < 1.29 is 94.5 Å². The average Bonchev–Trinajstić information content (AvgIpc) is 3.36. The Morgan fingerprint density at radius 1 is 0.347 bits per heavy atom. The van der Waals surface area contributed by atoms with E-state index in [1.807, 2.05) is 0 Å². The van der Waals surface area contributed by atoms with Crippen LogP contribution in [-0.4, -0.2) is 52.1 Å². The van der Waals surface area contributed by atoms with Gasteiger partial charge in [-0.25, -0.2) is 9.59 Å². The van der Waals surface area contributed by atoms with Crippen molar-refractivity contribution in [2.24, 2.45) is 0 Å². The molecule has 0 spiro atoms.